The van der Waals surface area contributed by atoms with Crippen LogP contribution < -0.4 is 5.73 Å². The van der Waals surface area contributed by atoms with Gasteiger partial charge in [-0.25, -0.2) is 4.98 Å². The maximum Gasteiger partial charge on any atom is 0.0967 e. The van der Waals surface area contributed by atoms with Gasteiger partial charge in [0.15, 0.2) is 0 Å². The molecule has 5 heteroatoms. The molecule has 1 unspecified atom stereocenters. The zero-order valence-corrected chi connectivity index (χ0v) is 11.3. The van der Waals surface area contributed by atoms with Crippen molar-refractivity contribution in [2.45, 2.75) is 18.9 Å². The highest BCUT2D eigenvalue weighted by Gasteiger charge is 2.20. The summed E-state index contributed by atoms with van der Waals surface area (Å²) >= 11 is 5.02. The number of thiazole rings is 1. The second-order valence-electron chi connectivity index (χ2n) is 4.10. The SMILES string of the molecule is CC(O)(CN)Cc1nc2ccc(Br)cc2s1. The van der Waals surface area contributed by atoms with Crippen molar-refractivity contribution in [3.8, 4) is 0 Å². The van der Waals surface area contributed by atoms with E-state index >= 15 is 0 Å². The van der Waals surface area contributed by atoms with E-state index in [1.54, 1.807) is 18.3 Å². The van der Waals surface area contributed by atoms with E-state index in [1.807, 2.05) is 18.2 Å². The Kier molecular flexibility index (Phi) is 3.30. The summed E-state index contributed by atoms with van der Waals surface area (Å²) < 4.78 is 2.16. The number of fused-ring (bicyclic) bond motifs is 1. The molecule has 2 aromatic rings. The van der Waals surface area contributed by atoms with E-state index in [2.05, 4.69) is 20.9 Å². The molecule has 1 aromatic carbocycles. The first kappa shape index (κ1) is 12.0. The topological polar surface area (TPSA) is 59.1 Å². The van der Waals surface area contributed by atoms with Crippen molar-refractivity contribution in [1.82, 2.24) is 4.98 Å². The van der Waals surface area contributed by atoms with Crippen LogP contribution in [0.1, 0.15) is 11.9 Å². The van der Waals surface area contributed by atoms with Gasteiger partial charge in [-0.05, 0) is 25.1 Å². The number of aromatic nitrogens is 1. The lowest BCUT2D eigenvalue weighted by Crippen LogP contribution is -2.36. The normalized spacial score (nSPS) is 15.2. The summed E-state index contributed by atoms with van der Waals surface area (Å²) in [5, 5.41) is 10.8. The molecule has 0 aliphatic rings. The molecule has 16 heavy (non-hydrogen) atoms. The Morgan fingerprint density at radius 1 is 1.56 bits per heavy atom. The lowest BCUT2D eigenvalue weighted by molar-refractivity contribution is 0.0696. The van der Waals surface area contributed by atoms with Gasteiger partial charge < -0.3 is 10.8 Å². The van der Waals surface area contributed by atoms with Crippen molar-refractivity contribution < 1.29 is 5.11 Å². The predicted molar refractivity (Wildman–Crippen MR) is 70.7 cm³/mol. The highest BCUT2D eigenvalue weighted by atomic mass is 79.9. The quantitative estimate of drug-likeness (QED) is 0.914. The second kappa shape index (κ2) is 4.41. The van der Waals surface area contributed by atoms with E-state index in [0.29, 0.717) is 6.42 Å². The molecule has 0 saturated heterocycles. The molecule has 0 fully saturated rings. The number of halogens is 1. The number of hydrogen-bond acceptors (Lipinski definition) is 4. The molecule has 0 saturated carbocycles. The van der Waals surface area contributed by atoms with Crippen molar-refractivity contribution in [2.75, 3.05) is 6.54 Å². The standard InChI is InChI=1S/C11H13BrN2OS/c1-11(15,6-13)5-10-14-8-3-2-7(12)4-9(8)16-10/h2-4,15H,5-6,13H2,1H3. The first-order chi connectivity index (χ1) is 7.50. The van der Waals surface area contributed by atoms with Crippen LogP contribution in [0.4, 0.5) is 0 Å². The average molecular weight is 301 g/mol. The molecule has 0 aliphatic heterocycles. The average Bonchev–Trinajstić information content (AvgIpc) is 2.58. The van der Waals surface area contributed by atoms with Crippen molar-refractivity contribution in [1.29, 1.82) is 0 Å². The number of rotatable bonds is 3. The fraction of sp³-hybridized carbons (Fsp3) is 0.364. The van der Waals surface area contributed by atoms with Gasteiger partial charge in [-0.1, -0.05) is 15.9 Å². The summed E-state index contributed by atoms with van der Waals surface area (Å²) in [6.07, 6.45) is 0.500. The van der Waals surface area contributed by atoms with Crippen molar-refractivity contribution in [2.24, 2.45) is 5.73 Å². The summed E-state index contributed by atoms with van der Waals surface area (Å²) in [5.74, 6) is 0. The van der Waals surface area contributed by atoms with Crippen molar-refractivity contribution >= 4 is 37.5 Å². The summed E-state index contributed by atoms with van der Waals surface area (Å²) in [4.78, 5) is 4.47. The molecule has 1 heterocycles. The zero-order valence-electron chi connectivity index (χ0n) is 8.90. The van der Waals surface area contributed by atoms with Gasteiger partial charge in [-0.15, -0.1) is 11.3 Å². The Hall–Kier alpha value is -0.490. The molecule has 2 rings (SSSR count). The molecule has 86 valence electrons. The van der Waals surface area contributed by atoms with Crippen LogP contribution in [-0.4, -0.2) is 22.2 Å². The molecule has 0 aliphatic carbocycles. The van der Waals surface area contributed by atoms with Gasteiger partial charge >= 0.3 is 0 Å². The van der Waals surface area contributed by atoms with Crippen LogP contribution in [-0.2, 0) is 6.42 Å². The Balaban J connectivity index is 2.33. The van der Waals surface area contributed by atoms with Gasteiger partial charge in [0.2, 0.25) is 0 Å². The fourth-order valence-corrected chi connectivity index (χ4v) is 3.12. The number of aliphatic hydroxyl groups is 1. The first-order valence-electron chi connectivity index (χ1n) is 4.97. The first-order valence-corrected chi connectivity index (χ1v) is 6.58. The largest absolute Gasteiger partial charge is 0.388 e. The van der Waals surface area contributed by atoms with Gasteiger partial charge in [0, 0.05) is 17.4 Å². The Bertz CT molecular complexity index is 510. The fourth-order valence-electron chi connectivity index (χ4n) is 1.42. The summed E-state index contributed by atoms with van der Waals surface area (Å²) in [7, 11) is 0. The van der Waals surface area contributed by atoms with Gasteiger partial charge in [0.25, 0.3) is 0 Å². The van der Waals surface area contributed by atoms with Crippen LogP contribution in [0.25, 0.3) is 10.2 Å². The minimum absolute atomic E-state index is 0.243. The van der Waals surface area contributed by atoms with Crippen molar-refractivity contribution in [3.63, 3.8) is 0 Å². The van der Waals surface area contributed by atoms with Gasteiger partial charge in [0.1, 0.15) is 0 Å². The highest BCUT2D eigenvalue weighted by molar-refractivity contribution is 9.10. The van der Waals surface area contributed by atoms with E-state index in [4.69, 9.17) is 5.73 Å². The number of nitrogens with zero attached hydrogens (tertiary/aromatic N) is 1. The van der Waals surface area contributed by atoms with Crippen LogP contribution in [0, 0.1) is 0 Å². The Morgan fingerprint density at radius 3 is 3.00 bits per heavy atom. The number of benzene rings is 1. The molecule has 3 nitrogen and oxygen atoms in total. The van der Waals surface area contributed by atoms with Crippen LogP contribution in [0.2, 0.25) is 0 Å². The van der Waals surface area contributed by atoms with E-state index < -0.39 is 5.60 Å². The number of nitrogens with two attached hydrogens (primary N) is 1. The highest BCUT2D eigenvalue weighted by Crippen LogP contribution is 2.27. The zero-order chi connectivity index (χ0) is 11.8. The monoisotopic (exact) mass is 300 g/mol. The maximum absolute atomic E-state index is 9.89. The van der Waals surface area contributed by atoms with Crippen LogP contribution in [0.5, 0.6) is 0 Å². The van der Waals surface area contributed by atoms with Gasteiger partial charge in [0.05, 0.1) is 20.8 Å². The molecule has 1 aromatic heterocycles. The van der Waals surface area contributed by atoms with Gasteiger partial charge in [-0.2, -0.15) is 0 Å². The molecule has 0 spiro atoms. The van der Waals surface area contributed by atoms with Crippen molar-refractivity contribution in [3.05, 3.63) is 27.7 Å². The third kappa shape index (κ3) is 2.60. The third-order valence-corrected chi connectivity index (χ3v) is 3.88. The smallest absolute Gasteiger partial charge is 0.0967 e. The maximum atomic E-state index is 9.89. The predicted octanol–water partition coefficient (Wildman–Crippen LogP) is 2.31. The summed E-state index contributed by atoms with van der Waals surface area (Å²) in [6.45, 7) is 1.97. The second-order valence-corrected chi connectivity index (χ2v) is 6.13. The lowest BCUT2D eigenvalue weighted by atomic mass is 10.0. The van der Waals surface area contributed by atoms with Crippen LogP contribution in [0.15, 0.2) is 22.7 Å². The Morgan fingerprint density at radius 2 is 2.31 bits per heavy atom. The minimum Gasteiger partial charge on any atom is -0.388 e. The van der Waals surface area contributed by atoms with Gasteiger partial charge in [-0.3, -0.25) is 0 Å². The lowest BCUT2D eigenvalue weighted by Gasteiger charge is -2.18. The van der Waals surface area contributed by atoms with E-state index in [-0.39, 0.29) is 6.54 Å². The van der Waals surface area contributed by atoms with E-state index in [0.717, 1.165) is 19.7 Å². The van der Waals surface area contributed by atoms with Crippen LogP contribution in [0.3, 0.4) is 0 Å². The van der Waals surface area contributed by atoms with E-state index in [9.17, 15) is 5.11 Å². The van der Waals surface area contributed by atoms with E-state index in [1.165, 1.54) is 0 Å². The Labute approximate surface area is 106 Å². The molecule has 3 N–H and O–H groups in total. The summed E-state index contributed by atoms with van der Waals surface area (Å²) in [5.41, 5.74) is 5.59. The summed E-state index contributed by atoms with van der Waals surface area (Å²) in [6, 6.07) is 5.97. The third-order valence-electron chi connectivity index (χ3n) is 2.37. The molecular formula is C11H13BrN2OS. The molecule has 0 bridgehead atoms. The molecule has 0 amide bonds. The molecule has 0 radical (unpaired) electrons. The molecular weight excluding hydrogens is 288 g/mol. The molecule has 1 atom stereocenters. The minimum atomic E-state index is -0.870. The number of hydrogen-bond donors (Lipinski definition) is 2. The van der Waals surface area contributed by atoms with Crippen LogP contribution >= 0.6 is 27.3 Å².